The molecule has 0 saturated heterocycles. The van der Waals surface area contributed by atoms with Gasteiger partial charge in [0.1, 0.15) is 6.33 Å². The summed E-state index contributed by atoms with van der Waals surface area (Å²) in [7, 11) is 0. The number of hydrogen-bond donors (Lipinski definition) is 2. The number of hydrazone groups is 1. The highest BCUT2D eigenvalue weighted by atomic mass is 35.5. The largest absolute Gasteiger partial charge is 0.324 e. The van der Waals surface area contributed by atoms with Gasteiger partial charge in [-0.15, -0.1) is 0 Å². The van der Waals surface area contributed by atoms with Crippen LogP contribution in [0.1, 0.15) is 19.0 Å². The molecule has 140 valence electrons. The molecule has 0 fully saturated rings. The number of benzene rings is 1. The fourth-order valence-corrected chi connectivity index (χ4v) is 2.49. The molecule has 2 aromatic heterocycles. The summed E-state index contributed by atoms with van der Waals surface area (Å²) < 4.78 is 0. The van der Waals surface area contributed by atoms with Gasteiger partial charge < -0.3 is 10.7 Å². The molecule has 0 unspecified atom stereocenters. The molecule has 8 nitrogen and oxygen atoms in total. The van der Waals surface area contributed by atoms with Crippen LogP contribution in [0.4, 0.5) is 11.6 Å². The van der Waals surface area contributed by atoms with Crippen molar-refractivity contribution >= 4 is 28.9 Å². The number of aromatic nitrogens is 4. The van der Waals surface area contributed by atoms with Crippen LogP contribution in [0.5, 0.6) is 0 Å². The van der Waals surface area contributed by atoms with Gasteiger partial charge in [0.05, 0.1) is 23.9 Å². The first-order valence-electron chi connectivity index (χ1n) is 8.48. The van der Waals surface area contributed by atoms with Crippen LogP contribution >= 0.6 is 11.6 Å². The van der Waals surface area contributed by atoms with Gasteiger partial charge in [-0.3, -0.25) is 4.98 Å². The normalized spacial score (nSPS) is 11.0. The van der Waals surface area contributed by atoms with E-state index in [-0.39, 0.29) is 0 Å². The van der Waals surface area contributed by atoms with Gasteiger partial charge in [-0.1, -0.05) is 17.7 Å². The predicted octanol–water partition coefficient (Wildman–Crippen LogP) is 3.56. The molecule has 9 heteroatoms. The van der Waals surface area contributed by atoms with Gasteiger partial charge in [-0.25, -0.2) is 9.97 Å². The zero-order chi connectivity index (χ0) is 19.8. The monoisotopic (exact) mass is 392 g/mol. The molecule has 0 bridgehead atoms. The summed E-state index contributed by atoms with van der Waals surface area (Å²) in [5, 5.41) is 16.5. The Morgan fingerprint density at radius 3 is 2.93 bits per heavy atom. The Morgan fingerprint density at radius 2 is 2.11 bits per heavy atom. The summed E-state index contributed by atoms with van der Waals surface area (Å²) >= 11 is 6.01. The van der Waals surface area contributed by atoms with E-state index in [4.69, 9.17) is 16.9 Å². The first kappa shape index (κ1) is 19.2. The van der Waals surface area contributed by atoms with E-state index in [1.807, 2.05) is 31.2 Å². The number of pyridine rings is 1. The molecule has 0 atom stereocenters. The molecule has 3 aromatic rings. The summed E-state index contributed by atoms with van der Waals surface area (Å²) in [4.78, 5) is 17.2. The van der Waals surface area contributed by atoms with E-state index in [2.05, 4.69) is 41.8 Å². The summed E-state index contributed by atoms with van der Waals surface area (Å²) in [5.74, 6) is 0.919. The maximum Gasteiger partial charge on any atom is 0.230 e. The minimum atomic E-state index is 0.386. The predicted molar refractivity (Wildman–Crippen MR) is 108 cm³/mol. The van der Waals surface area contributed by atoms with Crippen molar-refractivity contribution in [2.45, 2.75) is 13.3 Å². The molecular formula is C19H17ClN8. The molecule has 28 heavy (non-hydrogen) atoms. The quantitative estimate of drug-likeness (QED) is 0.359. The SMILES string of the molecule is CC(=NNCCC#N)c1cc(-c2ncnc(Nc3cccc(Cl)c3)n2)ccn1. The Labute approximate surface area is 167 Å². The number of nitriles is 1. The topological polar surface area (TPSA) is 112 Å². The van der Waals surface area contributed by atoms with Crippen molar-refractivity contribution in [2.24, 2.45) is 5.10 Å². The van der Waals surface area contributed by atoms with Crippen LogP contribution in [-0.2, 0) is 0 Å². The van der Waals surface area contributed by atoms with Gasteiger partial charge in [-0.05, 0) is 37.3 Å². The van der Waals surface area contributed by atoms with Gasteiger partial charge in [0.2, 0.25) is 5.95 Å². The van der Waals surface area contributed by atoms with Crippen molar-refractivity contribution in [3.05, 3.63) is 59.6 Å². The van der Waals surface area contributed by atoms with Gasteiger partial charge in [-0.2, -0.15) is 15.3 Å². The molecular weight excluding hydrogens is 376 g/mol. The second kappa shape index (κ2) is 9.39. The summed E-state index contributed by atoms with van der Waals surface area (Å²) in [6.45, 7) is 2.32. The minimum Gasteiger partial charge on any atom is -0.324 e. The van der Waals surface area contributed by atoms with E-state index >= 15 is 0 Å². The molecule has 3 rings (SSSR count). The van der Waals surface area contributed by atoms with E-state index in [1.54, 1.807) is 18.3 Å². The van der Waals surface area contributed by atoms with Crippen LogP contribution in [-0.4, -0.2) is 32.2 Å². The van der Waals surface area contributed by atoms with Crippen LogP contribution in [0.2, 0.25) is 5.02 Å². The van der Waals surface area contributed by atoms with Gasteiger partial charge in [0.15, 0.2) is 5.82 Å². The van der Waals surface area contributed by atoms with Crippen molar-refractivity contribution in [2.75, 3.05) is 11.9 Å². The standard InChI is InChI=1S/C19H17ClN8/c1-13(28-25-8-3-7-21)17-10-14(6-9-22-17)18-23-12-24-19(27-18)26-16-5-2-4-15(20)11-16/h2,4-6,9-12,25H,3,8H2,1H3,(H,23,24,26,27). The van der Waals surface area contributed by atoms with E-state index < -0.39 is 0 Å². The lowest BCUT2D eigenvalue weighted by Crippen LogP contribution is -2.11. The molecule has 0 aliphatic heterocycles. The summed E-state index contributed by atoms with van der Waals surface area (Å²) in [6.07, 6.45) is 3.50. The Bertz CT molecular complexity index is 1030. The van der Waals surface area contributed by atoms with E-state index in [0.29, 0.717) is 41.2 Å². The average Bonchev–Trinajstić information content (AvgIpc) is 2.71. The number of nitrogens with zero attached hydrogens (tertiary/aromatic N) is 6. The van der Waals surface area contributed by atoms with Crippen molar-refractivity contribution < 1.29 is 0 Å². The van der Waals surface area contributed by atoms with Gasteiger partial charge in [0.25, 0.3) is 0 Å². The van der Waals surface area contributed by atoms with Crippen molar-refractivity contribution in [3.63, 3.8) is 0 Å². The van der Waals surface area contributed by atoms with Crippen LogP contribution in [0.15, 0.2) is 54.0 Å². The lowest BCUT2D eigenvalue weighted by Gasteiger charge is -2.07. The fraction of sp³-hybridized carbons (Fsp3) is 0.158. The Kier molecular flexibility index (Phi) is 6.44. The van der Waals surface area contributed by atoms with Crippen LogP contribution in [0, 0.1) is 11.3 Å². The van der Waals surface area contributed by atoms with Crippen molar-refractivity contribution in [3.8, 4) is 17.5 Å². The first-order chi connectivity index (χ1) is 13.7. The average molecular weight is 393 g/mol. The Balaban J connectivity index is 1.79. The number of anilines is 2. The van der Waals surface area contributed by atoms with E-state index in [1.165, 1.54) is 6.33 Å². The molecule has 2 heterocycles. The second-order valence-corrected chi connectivity index (χ2v) is 6.15. The number of halogens is 1. The van der Waals surface area contributed by atoms with Crippen molar-refractivity contribution in [1.29, 1.82) is 5.26 Å². The maximum absolute atomic E-state index is 8.56. The second-order valence-electron chi connectivity index (χ2n) is 5.71. The zero-order valence-corrected chi connectivity index (χ0v) is 15.9. The third kappa shape index (κ3) is 5.22. The highest BCUT2D eigenvalue weighted by Crippen LogP contribution is 2.20. The van der Waals surface area contributed by atoms with Gasteiger partial charge in [0, 0.05) is 29.0 Å². The molecule has 2 N–H and O–H groups in total. The summed E-state index contributed by atoms with van der Waals surface area (Å²) in [5.41, 5.74) is 5.80. The molecule has 0 radical (unpaired) electrons. The lowest BCUT2D eigenvalue weighted by atomic mass is 10.2. The van der Waals surface area contributed by atoms with Gasteiger partial charge >= 0.3 is 0 Å². The maximum atomic E-state index is 8.56. The number of hydrogen-bond acceptors (Lipinski definition) is 8. The molecule has 0 aliphatic carbocycles. The molecule has 0 amide bonds. The van der Waals surface area contributed by atoms with Crippen LogP contribution in [0.3, 0.4) is 0 Å². The van der Waals surface area contributed by atoms with Crippen molar-refractivity contribution in [1.82, 2.24) is 25.4 Å². The lowest BCUT2D eigenvalue weighted by molar-refractivity contribution is 0.746. The smallest absolute Gasteiger partial charge is 0.230 e. The Hall–Kier alpha value is -3.57. The highest BCUT2D eigenvalue weighted by molar-refractivity contribution is 6.30. The number of nitrogens with one attached hydrogen (secondary N) is 2. The molecule has 0 saturated carbocycles. The first-order valence-corrected chi connectivity index (χ1v) is 8.86. The minimum absolute atomic E-state index is 0.386. The third-order valence-electron chi connectivity index (χ3n) is 3.64. The zero-order valence-electron chi connectivity index (χ0n) is 15.1. The van der Waals surface area contributed by atoms with E-state index in [0.717, 1.165) is 11.3 Å². The molecule has 0 aliphatic rings. The number of rotatable bonds is 7. The highest BCUT2D eigenvalue weighted by Gasteiger charge is 2.08. The molecule has 0 spiro atoms. The fourth-order valence-electron chi connectivity index (χ4n) is 2.30. The van der Waals surface area contributed by atoms with Crippen LogP contribution < -0.4 is 10.7 Å². The third-order valence-corrected chi connectivity index (χ3v) is 3.87. The Morgan fingerprint density at radius 1 is 1.21 bits per heavy atom. The van der Waals surface area contributed by atoms with Crippen LogP contribution in [0.25, 0.3) is 11.4 Å². The summed E-state index contributed by atoms with van der Waals surface area (Å²) in [6, 6.07) is 13.0. The van der Waals surface area contributed by atoms with E-state index in [9.17, 15) is 0 Å². The molecule has 1 aromatic carbocycles.